The molecule has 1 N–H and O–H groups in total. The summed E-state index contributed by atoms with van der Waals surface area (Å²) < 4.78 is 33.7. The molecule has 2 aromatic heterocycles. The van der Waals surface area contributed by atoms with Crippen LogP contribution in [0.15, 0.2) is 40.4 Å². The Kier molecular flexibility index (Phi) is 5.16. The van der Waals surface area contributed by atoms with Gasteiger partial charge in [-0.05, 0) is 38.3 Å². The second-order valence-corrected chi connectivity index (χ2v) is 7.30. The molecule has 2 heterocycles. The fourth-order valence-electron chi connectivity index (χ4n) is 2.50. The summed E-state index contributed by atoms with van der Waals surface area (Å²) in [6.07, 6.45) is 3.32. The lowest BCUT2D eigenvalue weighted by atomic mass is 10.1. The molecule has 27 heavy (non-hydrogen) atoms. The molecule has 0 aliphatic heterocycles. The summed E-state index contributed by atoms with van der Waals surface area (Å²) in [4.78, 5) is 21.4. The van der Waals surface area contributed by atoms with E-state index in [0.717, 1.165) is 12.1 Å². The van der Waals surface area contributed by atoms with Crippen molar-refractivity contribution in [1.82, 2.24) is 14.5 Å². The van der Waals surface area contributed by atoms with Gasteiger partial charge in [0.15, 0.2) is 22.5 Å². The summed E-state index contributed by atoms with van der Waals surface area (Å²) in [6, 6.07) is 4.19. The minimum Gasteiger partial charge on any atom is -0.448 e. The predicted octanol–water partition coefficient (Wildman–Crippen LogP) is 3.35. The zero-order chi connectivity index (χ0) is 19.8. The zero-order valence-corrected chi connectivity index (χ0v) is 15.7. The predicted molar refractivity (Wildman–Crippen MR) is 98.3 cm³/mol. The summed E-state index contributed by atoms with van der Waals surface area (Å²) in [5.74, 6) is -2.16. The average Bonchev–Trinajstić information content (AvgIpc) is 2.59. The van der Waals surface area contributed by atoms with E-state index in [0.29, 0.717) is 22.3 Å². The first-order chi connectivity index (χ1) is 12.7. The zero-order valence-electron chi connectivity index (χ0n) is 14.9. The van der Waals surface area contributed by atoms with Crippen LogP contribution in [0.2, 0.25) is 0 Å². The van der Waals surface area contributed by atoms with Crippen molar-refractivity contribution >= 4 is 22.8 Å². The number of thioether (sulfide) groups is 1. The maximum absolute atomic E-state index is 13.9. The van der Waals surface area contributed by atoms with Crippen LogP contribution in [0, 0.1) is 11.6 Å². The maximum Gasteiger partial charge on any atom is 0.295 e. The number of hydrogen-bond acceptors (Lipinski definition) is 6. The van der Waals surface area contributed by atoms with Crippen molar-refractivity contribution < 1.29 is 18.6 Å². The quantitative estimate of drug-likeness (QED) is 0.529. The van der Waals surface area contributed by atoms with Gasteiger partial charge in [-0.1, -0.05) is 11.8 Å². The van der Waals surface area contributed by atoms with Gasteiger partial charge in [-0.3, -0.25) is 9.36 Å². The number of rotatable bonds is 5. The molecule has 3 aromatic rings. The first-order valence-corrected chi connectivity index (χ1v) is 9.20. The molecule has 0 aliphatic rings. The number of pyridine rings is 1. The summed E-state index contributed by atoms with van der Waals surface area (Å²) in [6.45, 7) is 3.04. The molecule has 0 bridgehead atoms. The minimum absolute atomic E-state index is 0.0593. The number of fused-ring (bicyclic) bond motifs is 1. The molecule has 0 radical (unpaired) electrons. The van der Waals surface area contributed by atoms with E-state index >= 15 is 0 Å². The second kappa shape index (κ2) is 7.24. The van der Waals surface area contributed by atoms with Gasteiger partial charge in [0.05, 0.1) is 12.1 Å². The number of ether oxygens (including phenoxy) is 1. The molecule has 142 valence electrons. The molecular weight excluding hydrogens is 376 g/mol. The van der Waals surface area contributed by atoms with Crippen LogP contribution in [0.25, 0.3) is 11.0 Å². The highest BCUT2D eigenvalue weighted by atomic mass is 32.2. The monoisotopic (exact) mass is 393 g/mol. The van der Waals surface area contributed by atoms with Crippen molar-refractivity contribution in [3.8, 4) is 11.5 Å². The SMILES string of the molecule is CSc1ncc2cc(Oc3ccc(F)cc3F)c(=O)n(CC(C)(C)O)c2n1. The van der Waals surface area contributed by atoms with E-state index in [1.165, 1.54) is 28.6 Å². The first kappa shape index (κ1) is 19.2. The number of aliphatic hydroxyl groups is 1. The van der Waals surface area contributed by atoms with Gasteiger partial charge in [0.25, 0.3) is 5.56 Å². The fourth-order valence-corrected chi connectivity index (χ4v) is 2.83. The summed E-state index contributed by atoms with van der Waals surface area (Å²) in [7, 11) is 0. The normalized spacial score (nSPS) is 11.8. The number of nitrogens with zero attached hydrogens (tertiary/aromatic N) is 3. The molecule has 0 spiro atoms. The Morgan fingerprint density at radius 2 is 2.00 bits per heavy atom. The molecule has 0 unspecified atom stereocenters. The maximum atomic E-state index is 13.9. The Morgan fingerprint density at radius 3 is 2.63 bits per heavy atom. The summed E-state index contributed by atoms with van der Waals surface area (Å²) >= 11 is 1.31. The van der Waals surface area contributed by atoms with Gasteiger partial charge in [-0.25, -0.2) is 18.7 Å². The third kappa shape index (κ3) is 4.25. The van der Waals surface area contributed by atoms with Crippen LogP contribution in [-0.2, 0) is 6.54 Å². The van der Waals surface area contributed by atoms with Gasteiger partial charge in [-0.15, -0.1) is 0 Å². The lowest BCUT2D eigenvalue weighted by molar-refractivity contribution is 0.0614. The van der Waals surface area contributed by atoms with E-state index in [-0.39, 0.29) is 18.0 Å². The highest BCUT2D eigenvalue weighted by Crippen LogP contribution is 2.26. The van der Waals surface area contributed by atoms with Gasteiger partial charge in [0.2, 0.25) is 0 Å². The van der Waals surface area contributed by atoms with E-state index in [9.17, 15) is 18.7 Å². The molecular formula is C18H17F2N3O3S. The highest BCUT2D eigenvalue weighted by Gasteiger charge is 2.21. The van der Waals surface area contributed by atoms with Crippen molar-refractivity contribution in [1.29, 1.82) is 0 Å². The summed E-state index contributed by atoms with van der Waals surface area (Å²) in [5, 5.41) is 11.1. The third-order valence-electron chi connectivity index (χ3n) is 3.61. The Labute approximate surface area is 157 Å². The fraction of sp³-hybridized carbons (Fsp3) is 0.278. The van der Waals surface area contributed by atoms with Crippen molar-refractivity contribution in [3.63, 3.8) is 0 Å². The molecule has 6 nitrogen and oxygen atoms in total. The van der Waals surface area contributed by atoms with Gasteiger partial charge in [0, 0.05) is 17.6 Å². The second-order valence-electron chi connectivity index (χ2n) is 6.52. The van der Waals surface area contributed by atoms with Crippen LogP contribution in [0.5, 0.6) is 11.5 Å². The molecule has 0 amide bonds. The van der Waals surface area contributed by atoms with Crippen LogP contribution in [0.1, 0.15) is 13.8 Å². The lowest BCUT2D eigenvalue weighted by Gasteiger charge is -2.20. The minimum atomic E-state index is -1.21. The van der Waals surface area contributed by atoms with Crippen LogP contribution < -0.4 is 10.3 Å². The molecule has 0 fully saturated rings. The highest BCUT2D eigenvalue weighted by molar-refractivity contribution is 7.98. The van der Waals surface area contributed by atoms with Gasteiger partial charge in [0.1, 0.15) is 11.5 Å². The molecule has 0 saturated carbocycles. The molecule has 1 aromatic carbocycles. The average molecular weight is 393 g/mol. The van der Waals surface area contributed by atoms with Crippen molar-refractivity contribution in [2.24, 2.45) is 0 Å². The van der Waals surface area contributed by atoms with E-state index < -0.39 is 22.8 Å². The lowest BCUT2D eigenvalue weighted by Crippen LogP contribution is -2.33. The Morgan fingerprint density at radius 1 is 1.26 bits per heavy atom. The van der Waals surface area contributed by atoms with Gasteiger partial charge >= 0.3 is 0 Å². The topological polar surface area (TPSA) is 77.2 Å². The Hall–Kier alpha value is -2.52. The summed E-state index contributed by atoms with van der Waals surface area (Å²) in [5.41, 5.74) is -1.48. The van der Waals surface area contributed by atoms with Crippen LogP contribution >= 0.6 is 11.8 Å². The number of benzene rings is 1. The third-order valence-corrected chi connectivity index (χ3v) is 4.18. The molecule has 3 rings (SSSR count). The van der Waals surface area contributed by atoms with E-state index in [2.05, 4.69) is 9.97 Å². The van der Waals surface area contributed by atoms with Crippen LogP contribution in [0.4, 0.5) is 8.78 Å². The first-order valence-electron chi connectivity index (χ1n) is 7.98. The Bertz CT molecular complexity index is 1060. The standard InChI is InChI=1S/C18H17F2N3O3S/c1-18(2,25)9-23-15-10(8-21-17(22-15)27-3)6-14(16(23)24)26-13-5-4-11(19)7-12(13)20/h4-8,25H,9H2,1-3H3. The smallest absolute Gasteiger partial charge is 0.295 e. The molecule has 0 saturated heterocycles. The number of aromatic nitrogens is 3. The van der Waals surface area contributed by atoms with Crippen molar-refractivity contribution in [2.75, 3.05) is 6.26 Å². The Balaban J connectivity index is 2.18. The molecule has 0 atom stereocenters. The largest absolute Gasteiger partial charge is 0.448 e. The molecule has 9 heteroatoms. The van der Waals surface area contributed by atoms with E-state index in [4.69, 9.17) is 4.74 Å². The van der Waals surface area contributed by atoms with Crippen molar-refractivity contribution in [2.45, 2.75) is 31.1 Å². The number of hydrogen-bond donors (Lipinski definition) is 1. The van der Waals surface area contributed by atoms with E-state index in [1.807, 2.05) is 0 Å². The van der Waals surface area contributed by atoms with Gasteiger partial charge in [-0.2, -0.15) is 0 Å². The van der Waals surface area contributed by atoms with Crippen LogP contribution in [-0.4, -0.2) is 31.5 Å². The van der Waals surface area contributed by atoms with Crippen LogP contribution in [0.3, 0.4) is 0 Å². The van der Waals surface area contributed by atoms with Gasteiger partial charge < -0.3 is 9.84 Å². The number of halogens is 2. The van der Waals surface area contributed by atoms with E-state index in [1.54, 1.807) is 20.1 Å². The molecule has 0 aliphatic carbocycles. The van der Waals surface area contributed by atoms with Crippen molar-refractivity contribution in [3.05, 3.63) is 52.5 Å².